The third kappa shape index (κ3) is 8.75. The number of aromatic nitrogens is 3. The van der Waals surface area contributed by atoms with Crippen LogP contribution in [0.5, 0.6) is 0 Å². The van der Waals surface area contributed by atoms with Crippen molar-refractivity contribution in [1.82, 2.24) is 34.6 Å². The van der Waals surface area contributed by atoms with Gasteiger partial charge in [-0.05, 0) is 50.2 Å². The zero-order valence-electron chi connectivity index (χ0n) is 21.9. The lowest BCUT2D eigenvalue weighted by Gasteiger charge is -2.35. The predicted octanol–water partition coefficient (Wildman–Crippen LogP) is 3.40. The van der Waals surface area contributed by atoms with Crippen LogP contribution in [-0.4, -0.2) is 93.0 Å². The Kier molecular flexibility index (Phi) is 10.3. The second-order valence-corrected chi connectivity index (χ2v) is 9.92. The summed E-state index contributed by atoms with van der Waals surface area (Å²) in [5.74, 6) is 0. The van der Waals surface area contributed by atoms with Crippen LogP contribution >= 0.6 is 0 Å². The quantitative estimate of drug-likeness (QED) is 0.506. The molecular formula is C29H41N7. The Morgan fingerprint density at radius 1 is 0.528 bits per heavy atom. The SMILES string of the molecule is CC(C)N1CCN(Cc2ccccn2)CCN(Cc2ccccn2)CCN(Cc2ccccn2)CC1. The molecule has 192 valence electrons. The molecule has 7 heteroatoms. The molecule has 0 saturated carbocycles. The second kappa shape index (κ2) is 14.1. The van der Waals surface area contributed by atoms with Gasteiger partial charge in [0.2, 0.25) is 0 Å². The second-order valence-electron chi connectivity index (χ2n) is 9.92. The lowest BCUT2D eigenvalue weighted by molar-refractivity contribution is 0.111. The fourth-order valence-electron chi connectivity index (χ4n) is 4.71. The van der Waals surface area contributed by atoms with E-state index in [1.165, 1.54) is 0 Å². The minimum atomic E-state index is 0.516. The number of nitrogens with zero attached hydrogens (tertiary/aromatic N) is 7. The molecule has 0 spiro atoms. The zero-order valence-corrected chi connectivity index (χ0v) is 21.9. The molecule has 0 bridgehead atoms. The fourth-order valence-corrected chi connectivity index (χ4v) is 4.71. The van der Waals surface area contributed by atoms with Crippen LogP contribution in [0.3, 0.4) is 0 Å². The summed E-state index contributed by atoms with van der Waals surface area (Å²) in [6, 6.07) is 19.2. The number of hydrogen-bond acceptors (Lipinski definition) is 7. The first-order valence-electron chi connectivity index (χ1n) is 13.3. The molecule has 1 aliphatic rings. The van der Waals surface area contributed by atoms with Gasteiger partial charge < -0.3 is 0 Å². The maximum Gasteiger partial charge on any atom is 0.0543 e. The molecule has 3 aromatic heterocycles. The molecule has 3 aromatic rings. The summed E-state index contributed by atoms with van der Waals surface area (Å²) in [5, 5.41) is 0. The van der Waals surface area contributed by atoms with Crippen molar-refractivity contribution in [3.63, 3.8) is 0 Å². The molecule has 36 heavy (non-hydrogen) atoms. The van der Waals surface area contributed by atoms with Crippen molar-refractivity contribution in [3.05, 3.63) is 90.3 Å². The molecule has 4 heterocycles. The Bertz CT molecular complexity index is 927. The molecule has 1 fully saturated rings. The van der Waals surface area contributed by atoms with Gasteiger partial charge in [0, 0.05) is 96.6 Å². The Hall–Kier alpha value is -2.71. The van der Waals surface area contributed by atoms with Gasteiger partial charge in [0.1, 0.15) is 0 Å². The van der Waals surface area contributed by atoms with Gasteiger partial charge in [-0.2, -0.15) is 0 Å². The van der Waals surface area contributed by atoms with Crippen molar-refractivity contribution in [1.29, 1.82) is 0 Å². The third-order valence-electron chi connectivity index (χ3n) is 6.94. The van der Waals surface area contributed by atoms with Crippen molar-refractivity contribution in [2.45, 2.75) is 39.5 Å². The van der Waals surface area contributed by atoms with E-state index in [1.54, 1.807) is 0 Å². The normalized spacial score (nSPS) is 18.1. The summed E-state index contributed by atoms with van der Waals surface area (Å²) in [6.07, 6.45) is 5.69. The van der Waals surface area contributed by atoms with Gasteiger partial charge in [0.15, 0.2) is 0 Å². The lowest BCUT2D eigenvalue weighted by atomic mass is 10.2. The van der Waals surface area contributed by atoms with E-state index < -0.39 is 0 Å². The Morgan fingerprint density at radius 2 is 0.861 bits per heavy atom. The highest BCUT2D eigenvalue weighted by Crippen LogP contribution is 2.10. The van der Waals surface area contributed by atoms with Crippen LogP contribution in [0.15, 0.2) is 73.2 Å². The van der Waals surface area contributed by atoms with Gasteiger partial charge in [-0.1, -0.05) is 18.2 Å². The van der Waals surface area contributed by atoms with Gasteiger partial charge in [0.25, 0.3) is 0 Å². The van der Waals surface area contributed by atoms with Crippen LogP contribution in [0, 0.1) is 0 Å². The third-order valence-corrected chi connectivity index (χ3v) is 6.94. The molecule has 0 atom stereocenters. The molecule has 7 nitrogen and oxygen atoms in total. The highest BCUT2D eigenvalue weighted by Gasteiger charge is 2.19. The van der Waals surface area contributed by atoms with Gasteiger partial charge in [-0.15, -0.1) is 0 Å². The van der Waals surface area contributed by atoms with Crippen LogP contribution < -0.4 is 0 Å². The summed E-state index contributed by atoms with van der Waals surface area (Å²) in [4.78, 5) is 24.1. The van der Waals surface area contributed by atoms with E-state index >= 15 is 0 Å². The zero-order chi connectivity index (χ0) is 25.0. The van der Waals surface area contributed by atoms with E-state index in [0.29, 0.717) is 6.04 Å². The highest BCUT2D eigenvalue weighted by atomic mass is 15.3. The standard InChI is InChI=1S/C29H41N7/c1-26(2)36-21-19-34(24-28-10-4-7-13-31-28)17-15-33(23-27-9-3-6-12-30-27)16-18-35(20-22-36)25-29-11-5-8-14-32-29/h3-14,26H,15-25H2,1-2H3. The van der Waals surface area contributed by atoms with Crippen molar-refractivity contribution in [3.8, 4) is 0 Å². The van der Waals surface area contributed by atoms with E-state index in [0.717, 1.165) is 89.1 Å². The molecule has 1 saturated heterocycles. The number of pyridine rings is 3. The monoisotopic (exact) mass is 487 g/mol. The van der Waals surface area contributed by atoms with Crippen LogP contribution in [-0.2, 0) is 19.6 Å². The molecule has 0 radical (unpaired) electrons. The first-order chi connectivity index (χ1) is 17.7. The molecule has 0 N–H and O–H groups in total. The summed E-state index contributed by atoms with van der Waals surface area (Å²) in [7, 11) is 0. The maximum atomic E-state index is 4.61. The van der Waals surface area contributed by atoms with Gasteiger partial charge >= 0.3 is 0 Å². The van der Waals surface area contributed by atoms with Crippen LogP contribution in [0.1, 0.15) is 30.9 Å². The molecular weight excluding hydrogens is 446 g/mol. The molecule has 0 aromatic carbocycles. The van der Waals surface area contributed by atoms with Crippen molar-refractivity contribution < 1.29 is 0 Å². The molecule has 0 amide bonds. The first kappa shape index (κ1) is 26.4. The molecule has 0 aliphatic carbocycles. The van der Waals surface area contributed by atoms with E-state index in [2.05, 4.69) is 84.8 Å². The Morgan fingerprint density at radius 3 is 1.14 bits per heavy atom. The van der Waals surface area contributed by atoms with E-state index in [9.17, 15) is 0 Å². The minimum absolute atomic E-state index is 0.516. The van der Waals surface area contributed by atoms with Gasteiger partial charge in [-0.25, -0.2) is 0 Å². The molecule has 1 aliphatic heterocycles. The topological polar surface area (TPSA) is 51.6 Å². The summed E-state index contributed by atoms with van der Waals surface area (Å²) in [5.41, 5.74) is 3.40. The summed E-state index contributed by atoms with van der Waals surface area (Å²) >= 11 is 0. The van der Waals surface area contributed by atoms with Crippen molar-refractivity contribution >= 4 is 0 Å². The average Bonchev–Trinajstić information content (AvgIpc) is 2.90. The van der Waals surface area contributed by atoms with E-state index in [1.807, 2.05) is 36.8 Å². The number of hydrogen-bond donors (Lipinski definition) is 0. The maximum absolute atomic E-state index is 4.61. The molecule has 4 rings (SSSR count). The fraction of sp³-hybridized carbons (Fsp3) is 0.483. The first-order valence-corrected chi connectivity index (χ1v) is 13.3. The van der Waals surface area contributed by atoms with Gasteiger partial charge in [-0.3, -0.25) is 34.6 Å². The summed E-state index contributed by atoms with van der Waals surface area (Å²) in [6.45, 7) is 15.5. The van der Waals surface area contributed by atoms with E-state index in [-0.39, 0.29) is 0 Å². The Balaban J connectivity index is 1.49. The minimum Gasteiger partial charge on any atom is -0.298 e. The van der Waals surface area contributed by atoms with Crippen molar-refractivity contribution in [2.24, 2.45) is 0 Å². The van der Waals surface area contributed by atoms with Crippen LogP contribution in [0.4, 0.5) is 0 Å². The molecule has 0 unspecified atom stereocenters. The largest absolute Gasteiger partial charge is 0.298 e. The smallest absolute Gasteiger partial charge is 0.0543 e. The summed E-state index contributed by atoms with van der Waals surface area (Å²) < 4.78 is 0. The average molecular weight is 488 g/mol. The predicted molar refractivity (Wildman–Crippen MR) is 145 cm³/mol. The van der Waals surface area contributed by atoms with Crippen LogP contribution in [0.25, 0.3) is 0 Å². The highest BCUT2D eigenvalue weighted by molar-refractivity contribution is 5.05. The van der Waals surface area contributed by atoms with E-state index in [4.69, 9.17) is 0 Å². The van der Waals surface area contributed by atoms with Crippen LogP contribution in [0.2, 0.25) is 0 Å². The Labute approximate surface area is 216 Å². The van der Waals surface area contributed by atoms with Gasteiger partial charge in [0.05, 0.1) is 17.1 Å². The van der Waals surface area contributed by atoms with Crippen molar-refractivity contribution in [2.75, 3.05) is 52.4 Å². The number of rotatable bonds is 7. The lowest BCUT2D eigenvalue weighted by Crippen LogP contribution is -2.47.